The van der Waals surface area contributed by atoms with Gasteiger partial charge in [0.15, 0.2) is 0 Å². The van der Waals surface area contributed by atoms with E-state index in [0.717, 1.165) is 27.7 Å². The molecule has 0 saturated heterocycles. The Kier molecular flexibility index (Phi) is 9.49. The van der Waals surface area contributed by atoms with Gasteiger partial charge in [-0.15, -0.1) is 10.1 Å². The van der Waals surface area contributed by atoms with E-state index in [1.165, 1.54) is 36.4 Å². The topological polar surface area (TPSA) is 124 Å². The molecular formula is C31H31FN2O7. The van der Waals surface area contributed by atoms with Crippen LogP contribution in [0, 0.1) is 15.9 Å². The number of aromatic nitrogens is 1. The van der Waals surface area contributed by atoms with Gasteiger partial charge in [-0.1, -0.05) is 48.5 Å². The smallest absolute Gasteiger partial charge is 0.313 e. The van der Waals surface area contributed by atoms with Crippen molar-refractivity contribution in [3.05, 3.63) is 106 Å². The standard InChI is InChI=1S/C31H31FN2O7/c1-20(2)33-28-6-4-3-5-27(28)31(22-9-11-23(32)12-10-22)29(33)16-13-24(35)17-25(36)18-30(37)41-26-14-7-21(8-15-26)19-40-34(38)39/h3-16,20,24-25,35-36H,17-19H2,1-2H3/b16-13+/t24-,25-/m1/s1. The van der Waals surface area contributed by atoms with Gasteiger partial charge < -0.3 is 24.4 Å². The van der Waals surface area contributed by atoms with Crippen LogP contribution in [0.25, 0.3) is 28.1 Å². The summed E-state index contributed by atoms with van der Waals surface area (Å²) < 4.78 is 21.0. The molecule has 3 aromatic carbocycles. The number of ether oxygens (including phenoxy) is 1. The Labute approximate surface area is 236 Å². The second-order valence-corrected chi connectivity index (χ2v) is 9.88. The van der Waals surface area contributed by atoms with Crippen molar-refractivity contribution in [1.29, 1.82) is 0 Å². The SMILES string of the molecule is CC(C)n1c(/C=C/[C@@H](O)C[C@@H](O)CC(=O)Oc2ccc(CO[N+](=O)[O-])cc2)c(-c2ccc(F)cc2)c2ccccc21. The van der Waals surface area contributed by atoms with Crippen LogP contribution in [-0.4, -0.2) is 38.0 Å². The van der Waals surface area contributed by atoms with Gasteiger partial charge in [0.2, 0.25) is 0 Å². The number of esters is 1. The number of nitrogens with zero attached hydrogens (tertiary/aromatic N) is 2. The van der Waals surface area contributed by atoms with Gasteiger partial charge in [0.05, 0.1) is 18.6 Å². The van der Waals surface area contributed by atoms with Crippen LogP contribution in [0.4, 0.5) is 4.39 Å². The number of hydrogen-bond acceptors (Lipinski definition) is 7. The number of hydrogen-bond donors (Lipinski definition) is 2. The van der Waals surface area contributed by atoms with Gasteiger partial charge in [-0.25, -0.2) is 4.39 Å². The maximum Gasteiger partial charge on any atom is 0.313 e. The lowest BCUT2D eigenvalue weighted by atomic mass is 10.0. The molecule has 4 rings (SSSR count). The van der Waals surface area contributed by atoms with Gasteiger partial charge in [-0.2, -0.15) is 0 Å². The first-order valence-electron chi connectivity index (χ1n) is 13.1. The van der Waals surface area contributed by atoms with Gasteiger partial charge in [0.1, 0.15) is 18.2 Å². The third kappa shape index (κ3) is 7.56. The average molecular weight is 563 g/mol. The molecule has 0 aliphatic carbocycles. The van der Waals surface area contributed by atoms with Crippen LogP contribution in [0.5, 0.6) is 5.75 Å². The Balaban J connectivity index is 1.45. The highest BCUT2D eigenvalue weighted by Crippen LogP contribution is 2.38. The Morgan fingerprint density at radius 3 is 2.39 bits per heavy atom. The first-order chi connectivity index (χ1) is 19.6. The molecule has 0 bridgehead atoms. The van der Waals surface area contributed by atoms with Crippen LogP contribution in [0.15, 0.2) is 78.9 Å². The molecule has 0 saturated carbocycles. The average Bonchev–Trinajstić information content (AvgIpc) is 3.26. The highest BCUT2D eigenvalue weighted by Gasteiger charge is 2.20. The van der Waals surface area contributed by atoms with Gasteiger partial charge in [0, 0.05) is 34.6 Å². The molecule has 2 N–H and O–H groups in total. The number of halogens is 1. The predicted molar refractivity (Wildman–Crippen MR) is 152 cm³/mol. The summed E-state index contributed by atoms with van der Waals surface area (Å²) in [6, 6.07) is 20.2. The second kappa shape index (κ2) is 13.2. The monoisotopic (exact) mass is 562 g/mol. The van der Waals surface area contributed by atoms with Crippen molar-refractivity contribution in [1.82, 2.24) is 4.57 Å². The minimum absolute atomic E-state index is 0.0842. The number of benzene rings is 3. The number of fused-ring (bicyclic) bond motifs is 1. The van der Waals surface area contributed by atoms with E-state index in [-0.39, 0.29) is 37.1 Å². The van der Waals surface area contributed by atoms with E-state index in [0.29, 0.717) is 5.56 Å². The third-order valence-corrected chi connectivity index (χ3v) is 6.48. The lowest BCUT2D eigenvalue weighted by molar-refractivity contribution is -0.763. The lowest BCUT2D eigenvalue weighted by Gasteiger charge is -2.15. The number of aliphatic hydroxyl groups is 2. The highest BCUT2D eigenvalue weighted by atomic mass is 19.1. The lowest BCUT2D eigenvalue weighted by Crippen LogP contribution is -2.22. The first kappa shape index (κ1) is 29.4. The fourth-order valence-corrected chi connectivity index (χ4v) is 4.71. The van der Waals surface area contributed by atoms with E-state index in [1.54, 1.807) is 24.3 Å². The van der Waals surface area contributed by atoms with Crippen molar-refractivity contribution in [3.8, 4) is 16.9 Å². The van der Waals surface area contributed by atoms with E-state index in [4.69, 9.17) is 4.74 Å². The molecule has 0 aliphatic rings. The number of aliphatic hydroxyl groups excluding tert-OH is 2. The maximum absolute atomic E-state index is 13.7. The summed E-state index contributed by atoms with van der Waals surface area (Å²) in [5.74, 6) is -0.815. The quantitative estimate of drug-likeness (QED) is 0.0960. The molecule has 0 radical (unpaired) electrons. The molecule has 1 heterocycles. The summed E-state index contributed by atoms with van der Waals surface area (Å²) in [7, 11) is 0. The molecule has 0 fully saturated rings. The minimum atomic E-state index is -1.16. The molecule has 10 heteroatoms. The molecule has 0 unspecified atom stereocenters. The zero-order chi connectivity index (χ0) is 29.5. The molecule has 9 nitrogen and oxygen atoms in total. The summed E-state index contributed by atoms with van der Waals surface area (Å²) in [6.07, 6.45) is 0.695. The van der Waals surface area contributed by atoms with Crippen LogP contribution in [0.1, 0.15) is 44.0 Å². The molecule has 0 aliphatic heterocycles. The van der Waals surface area contributed by atoms with Crippen LogP contribution < -0.4 is 4.74 Å². The minimum Gasteiger partial charge on any atom is -0.426 e. The van der Waals surface area contributed by atoms with E-state index in [2.05, 4.69) is 23.3 Å². The fraction of sp³-hybridized carbons (Fsp3) is 0.258. The van der Waals surface area contributed by atoms with Crippen LogP contribution >= 0.6 is 0 Å². The van der Waals surface area contributed by atoms with Crippen molar-refractivity contribution in [2.24, 2.45) is 0 Å². The van der Waals surface area contributed by atoms with Crippen molar-refractivity contribution in [2.45, 2.75) is 51.5 Å². The van der Waals surface area contributed by atoms with Gasteiger partial charge in [0.25, 0.3) is 5.09 Å². The fourth-order valence-electron chi connectivity index (χ4n) is 4.71. The second-order valence-electron chi connectivity index (χ2n) is 9.88. The molecule has 2 atom stereocenters. The Bertz CT molecular complexity index is 1530. The van der Waals surface area contributed by atoms with Crippen LogP contribution in [0.3, 0.4) is 0 Å². The predicted octanol–water partition coefficient (Wildman–Crippen LogP) is 5.86. The molecule has 4 aromatic rings. The normalized spacial score (nSPS) is 13.0. The summed E-state index contributed by atoms with van der Waals surface area (Å²) in [5.41, 5.74) is 4.08. The highest BCUT2D eigenvalue weighted by molar-refractivity contribution is 6.01. The van der Waals surface area contributed by atoms with Gasteiger partial charge in [-0.05, 0) is 61.4 Å². The molecule has 0 amide bonds. The Morgan fingerprint density at radius 1 is 1.05 bits per heavy atom. The number of rotatable bonds is 12. The summed E-state index contributed by atoms with van der Waals surface area (Å²) in [6.45, 7) is 3.88. The van der Waals surface area contributed by atoms with Gasteiger partial charge >= 0.3 is 5.97 Å². The molecule has 214 valence electrons. The zero-order valence-electron chi connectivity index (χ0n) is 22.6. The van der Waals surface area contributed by atoms with Crippen molar-refractivity contribution in [2.75, 3.05) is 0 Å². The molecule has 1 aromatic heterocycles. The molecule has 0 spiro atoms. The zero-order valence-corrected chi connectivity index (χ0v) is 22.6. The molecular weight excluding hydrogens is 531 g/mol. The van der Waals surface area contributed by atoms with Crippen molar-refractivity contribution in [3.63, 3.8) is 0 Å². The Hall–Kier alpha value is -4.54. The van der Waals surface area contributed by atoms with E-state index in [9.17, 15) is 29.5 Å². The summed E-state index contributed by atoms with van der Waals surface area (Å²) in [5, 5.41) is 31.5. The summed E-state index contributed by atoms with van der Waals surface area (Å²) >= 11 is 0. The van der Waals surface area contributed by atoms with Crippen molar-refractivity contribution < 1.29 is 34.1 Å². The third-order valence-electron chi connectivity index (χ3n) is 6.48. The maximum atomic E-state index is 13.7. The first-order valence-corrected chi connectivity index (χ1v) is 13.1. The number of carbonyl (C=O) groups is 1. The number of para-hydroxylation sites is 1. The van der Waals surface area contributed by atoms with Crippen LogP contribution in [-0.2, 0) is 16.2 Å². The van der Waals surface area contributed by atoms with Gasteiger partial charge in [-0.3, -0.25) is 4.79 Å². The van der Waals surface area contributed by atoms with Crippen molar-refractivity contribution >= 4 is 22.9 Å². The molecule has 41 heavy (non-hydrogen) atoms. The van der Waals surface area contributed by atoms with E-state index >= 15 is 0 Å². The number of carbonyl (C=O) groups excluding carboxylic acids is 1. The largest absolute Gasteiger partial charge is 0.426 e. The van der Waals surface area contributed by atoms with E-state index < -0.39 is 23.3 Å². The summed E-state index contributed by atoms with van der Waals surface area (Å²) in [4.78, 5) is 26.9. The van der Waals surface area contributed by atoms with E-state index in [1.807, 2.05) is 24.3 Å². The Morgan fingerprint density at radius 2 is 1.73 bits per heavy atom. The van der Waals surface area contributed by atoms with Crippen LogP contribution in [0.2, 0.25) is 0 Å².